The van der Waals surface area contributed by atoms with Crippen LogP contribution in [-0.2, 0) is 17.9 Å². The number of ether oxygens (including phenoxy) is 1. The Balaban J connectivity index is 1.27. The molecule has 2 aromatic carbocycles. The number of fused-ring (bicyclic) bond motifs is 2. The third kappa shape index (κ3) is 4.55. The number of aliphatic hydroxyl groups excluding tert-OH is 1. The van der Waals surface area contributed by atoms with E-state index in [1.807, 2.05) is 36.4 Å². The number of benzene rings is 2. The van der Waals surface area contributed by atoms with E-state index in [0.29, 0.717) is 12.3 Å². The minimum absolute atomic E-state index is 0.188. The molecule has 1 aromatic heterocycles. The van der Waals surface area contributed by atoms with Gasteiger partial charge in [-0.05, 0) is 30.2 Å². The Morgan fingerprint density at radius 1 is 1.14 bits per heavy atom. The molecule has 1 aliphatic heterocycles. The van der Waals surface area contributed by atoms with Crippen molar-refractivity contribution in [2.75, 3.05) is 13.1 Å². The monoisotopic (exact) mass is 391 g/mol. The summed E-state index contributed by atoms with van der Waals surface area (Å²) in [6.07, 6.45) is 0.373. The van der Waals surface area contributed by atoms with Crippen LogP contribution in [0.2, 0.25) is 0 Å². The molecule has 0 spiro atoms. The number of amides is 1. The fourth-order valence-corrected chi connectivity index (χ4v) is 3.67. The summed E-state index contributed by atoms with van der Waals surface area (Å²) in [5, 5.41) is 14.1. The minimum Gasteiger partial charge on any atom is -0.479 e. The summed E-state index contributed by atoms with van der Waals surface area (Å²) in [6.45, 7) is 4.05. The lowest BCUT2D eigenvalue weighted by Crippen LogP contribution is -2.43. The van der Waals surface area contributed by atoms with Crippen LogP contribution in [0, 0.1) is 0 Å². The van der Waals surface area contributed by atoms with E-state index in [2.05, 4.69) is 27.3 Å². The molecule has 0 saturated carbocycles. The van der Waals surface area contributed by atoms with Gasteiger partial charge in [0, 0.05) is 37.8 Å². The lowest BCUT2D eigenvalue weighted by Gasteiger charge is -2.21. The van der Waals surface area contributed by atoms with E-state index >= 15 is 0 Å². The van der Waals surface area contributed by atoms with Crippen molar-refractivity contribution in [1.29, 1.82) is 0 Å². The molecule has 3 aromatic rings. The molecule has 2 heterocycles. The van der Waals surface area contributed by atoms with Crippen molar-refractivity contribution >= 4 is 16.8 Å². The van der Waals surface area contributed by atoms with Gasteiger partial charge in [0.05, 0.1) is 6.10 Å². The molecule has 2 atom stereocenters. The number of para-hydroxylation sites is 1. The maximum absolute atomic E-state index is 12.4. The van der Waals surface area contributed by atoms with Crippen LogP contribution in [0.4, 0.5) is 0 Å². The number of carbonyl (C=O) groups is 1. The SMILES string of the molecule is C[C@H](Oc1cccc2cccnc12)C(=O)NCC(O)CN1Cc2ccccc2C1. The van der Waals surface area contributed by atoms with Crippen LogP contribution >= 0.6 is 0 Å². The van der Waals surface area contributed by atoms with Gasteiger partial charge in [-0.2, -0.15) is 0 Å². The van der Waals surface area contributed by atoms with E-state index in [4.69, 9.17) is 4.74 Å². The highest BCUT2D eigenvalue weighted by molar-refractivity contribution is 5.85. The first-order valence-electron chi connectivity index (χ1n) is 9.85. The van der Waals surface area contributed by atoms with Gasteiger partial charge in [-0.15, -0.1) is 0 Å². The second kappa shape index (κ2) is 8.59. The molecule has 1 amide bonds. The van der Waals surface area contributed by atoms with Gasteiger partial charge in [-0.1, -0.05) is 42.5 Å². The number of aromatic nitrogens is 1. The van der Waals surface area contributed by atoms with Crippen LogP contribution in [0.3, 0.4) is 0 Å². The summed E-state index contributed by atoms with van der Waals surface area (Å²) >= 11 is 0. The van der Waals surface area contributed by atoms with Gasteiger partial charge in [0.2, 0.25) is 0 Å². The van der Waals surface area contributed by atoms with Crippen molar-refractivity contribution in [3.8, 4) is 5.75 Å². The number of β-amino-alcohol motifs (C(OH)–C–C–N with tert-alkyl or cyclic N) is 1. The lowest BCUT2D eigenvalue weighted by atomic mass is 10.1. The molecule has 0 radical (unpaired) electrons. The zero-order valence-electron chi connectivity index (χ0n) is 16.4. The number of carbonyl (C=O) groups excluding carboxylic acids is 1. The van der Waals surface area contributed by atoms with Crippen LogP contribution in [0.1, 0.15) is 18.1 Å². The zero-order valence-corrected chi connectivity index (χ0v) is 16.4. The number of nitrogens with one attached hydrogen (secondary N) is 1. The largest absolute Gasteiger partial charge is 0.479 e. The van der Waals surface area contributed by atoms with Crippen molar-refractivity contribution in [2.45, 2.75) is 32.2 Å². The summed E-state index contributed by atoms with van der Waals surface area (Å²) in [5.74, 6) is 0.308. The molecule has 1 aliphatic rings. The maximum atomic E-state index is 12.4. The minimum atomic E-state index is -0.689. The molecule has 0 aliphatic carbocycles. The fraction of sp³-hybridized carbons (Fsp3) is 0.304. The molecule has 1 unspecified atom stereocenters. The van der Waals surface area contributed by atoms with Gasteiger partial charge < -0.3 is 15.2 Å². The first kappa shape index (κ1) is 19.4. The molecule has 2 N–H and O–H groups in total. The topological polar surface area (TPSA) is 74.7 Å². The Morgan fingerprint density at radius 2 is 1.86 bits per heavy atom. The van der Waals surface area contributed by atoms with Gasteiger partial charge in [-0.25, -0.2) is 0 Å². The Kier molecular flexibility index (Phi) is 5.74. The number of pyridine rings is 1. The van der Waals surface area contributed by atoms with Crippen LogP contribution in [0.25, 0.3) is 10.9 Å². The normalized spacial score (nSPS) is 15.7. The summed E-state index contributed by atoms with van der Waals surface area (Å²) in [6, 6.07) is 17.7. The predicted octanol–water partition coefficient (Wildman–Crippen LogP) is 2.50. The number of rotatable bonds is 7. The van der Waals surface area contributed by atoms with E-state index in [9.17, 15) is 9.90 Å². The Hall–Kier alpha value is -2.96. The number of aliphatic hydroxyl groups is 1. The molecule has 0 saturated heterocycles. The quantitative estimate of drug-likeness (QED) is 0.647. The Morgan fingerprint density at radius 3 is 2.62 bits per heavy atom. The van der Waals surface area contributed by atoms with Crippen molar-refractivity contribution in [1.82, 2.24) is 15.2 Å². The molecule has 6 nitrogen and oxygen atoms in total. The van der Waals surface area contributed by atoms with Crippen molar-refractivity contribution < 1.29 is 14.6 Å². The summed E-state index contributed by atoms with van der Waals surface area (Å²) in [4.78, 5) is 18.9. The molecule has 29 heavy (non-hydrogen) atoms. The third-order valence-corrected chi connectivity index (χ3v) is 5.16. The zero-order chi connectivity index (χ0) is 20.2. The van der Waals surface area contributed by atoms with Crippen LogP contribution in [0.15, 0.2) is 60.8 Å². The van der Waals surface area contributed by atoms with Gasteiger partial charge >= 0.3 is 0 Å². The van der Waals surface area contributed by atoms with E-state index in [0.717, 1.165) is 24.0 Å². The van der Waals surface area contributed by atoms with Gasteiger partial charge in [0.15, 0.2) is 6.10 Å². The van der Waals surface area contributed by atoms with E-state index < -0.39 is 12.2 Å². The second-order valence-corrected chi connectivity index (χ2v) is 7.43. The number of hydrogen-bond donors (Lipinski definition) is 2. The summed E-state index contributed by atoms with van der Waals surface area (Å²) < 4.78 is 5.83. The highest BCUT2D eigenvalue weighted by atomic mass is 16.5. The molecular formula is C23H25N3O3. The Bertz CT molecular complexity index is 977. The highest BCUT2D eigenvalue weighted by Crippen LogP contribution is 2.24. The maximum Gasteiger partial charge on any atom is 0.260 e. The van der Waals surface area contributed by atoms with Crippen LogP contribution in [-0.4, -0.2) is 46.2 Å². The summed E-state index contributed by atoms with van der Waals surface area (Å²) in [7, 11) is 0. The Labute approximate surface area is 170 Å². The van der Waals surface area contributed by atoms with Gasteiger partial charge in [0.25, 0.3) is 5.91 Å². The predicted molar refractivity (Wildman–Crippen MR) is 111 cm³/mol. The molecule has 6 heteroatoms. The smallest absolute Gasteiger partial charge is 0.260 e. The standard InChI is InChI=1S/C23H25N3O3/c1-16(29-21-10-4-8-17-9-5-11-24-22(17)21)23(28)25-12-20(27)15-26-13-18-6-2-3-7-19(18)14-26/h2-11,16,20,27H,12-15H2,1H3,(H,25,28)/t16-,20?/m0/s1. The van der Waals surface area contributed by atoms with E-state index in [-0.39, 0.29) is 12.5 Å². The highest BCUT2D eigenvalue weighted by Gasteiger charge is 2.22. The lowest BCUT2D eigenvalue weighted by molar-refractivity contribution is -0.127. The van der Waals surface area contributed by atoms with E-state index in [1.165, 1.54) is 11.1 Å². The molecule has 0 bridgehead atoms. The van der Waals surface area contributed by atoms with Crippen LogP contribution in [0.5, 0.6) is 5.75 Å². The average Bonchev–Trinajstić information content (AvgIpc) is 3.14. The fourth-order valence-electron chi connectivity index (χ4n) is 3.67. The second-order valence-electron chi connectivity index (χ2n) is 7.43. The molecule has 4 rings (SSSR count). The molecule has 150 valence electrons. The van der Waals surface area contributed by atoms with Crippen molar-refractivity contribution in [2.24, 2.45) is 0 Å². The van der Waals surface area contributed by atoms with Crippen LogP contribution < -0.4 is 10.1 Å². The van der Waals surface area contributed by atoms with Crippen molar-refractivity contribution in [3.63, 3.8) is 0 Å². The third-order valence-electron chi connectivity index (χ3n) is 5.16. The van der Waals surface area contributed by atoms with Crippen molar-refractivity contribution in [3.05, 3.63) is 71.9 Å². The van der Waals surface area contributed by atoms with Gasteiger partial charge in [0.1, 0.15) is 11.3 Å². The first-order chi connectivity index (χ1) is 14.1. The average molecular weight is 391 g/mol. The molecular weight excluding hydrogens is 366 g/mol. The number of nitrogens with zero attached hydrogens (tertiary/aromatic N) is 2. The summed E-state index contributed by atoms with van der Waals surface area (Å²) in [5.41, 5.74) is 3.33. The number of hydrogen-bond acceptors (Lipinski definition) is 5. The van der Waals surface area contributed by atoms with E-state index in [1.54, 1.807) is 19.2 Å². The van der Waals surface area contributed by atoms with Gasteiger partial charge in [-0.3, -0.25) is 14.7 Å². The first-order valence-corrected chi connectivity index (χ1v) is 9.85. The molecule has 0 fully saturated rings.